The second kappa shape index (κ2) is 7.02. The fourth-order valence-corrected chi connectivity index (χ4v) is 3.76. The standard InChI is InChI=1S/C21H25N5O/c1-15-11-19(23-24(15)3)21(27)25-10-9-17(13-25)14-26-16(2)12-22-20(26)18-7-5-4-6-8-18/h4-8,11-12,17H,9-10,13-14H2,1-3H3. The van der Waals surface area contributed by atoms with Crippen molar-refractivity contribution in [2.75, 3.05) is 13.1 Å². The van der Waals surface area contributed by atoms with Crippen molar-refractivity contribution in [2.24, 2.45) is 13.0 Å². The van der Waals surface area contributed by atoms with E-state index in [0.717, 1.165) is 48.8 Å². The number of hydrogen-bond donors (Lipinski definition) is 0. The second-order valence-electron chi connectivity index (χ2n) is 7.40. The van der Waals surface area contributed by atoms with E-state index in [1.165, 1.54) is 0 Å². The van der Waals surface area contributed by atoms with Gasteiger partial charge in [-0.15, -0.1) is 0 Å². The van der Waals surface area contributed by atoms with E-state index in [9.17, 15) is 4.79 Å². The number of nitrogens with zero attached hydrogens (tertiary/aromatic N) is 5. The van der Waals surface area contributed by atoms with E-state index < -0.39 is 0 Å². The predicted molar refractivity (Wildman–Crippen MR) is 104 cm³/mol. The summed E-state index contributed by atoms with van der Waals surface area (Å²) in [5.41, 5.74) is 3.81. The van der Waals surface area contributed by atoms with Crippen LogP contribution < -0.4 is 0 Å². The first-order valence-electron chi connectivity index (χ1n) is 9.40. The van der Waals surface area contributed by atoms with E-state index in [4.69, 9.17) is 0 Å². The number of imidazole rings is 1. The van der Waals surface area contributed by atoms with E-state index in [2.05, 4.69) is 33.7 Å². The van der Waals surface area contributed by atoms with Gasteiger partial charge in [0.05, 0.1) is 0 Å². The van der Waals surface area contributed by atoms with Gasteiger partial charge in [-0.05, 0) is 32.3 Å². The lowest BCUT2D eigenvalue weighted by Gasteiger charge is -2.17. The molecule has 0 aliphatic carbocycles. The molecular weight excluding hydrogens is 338 g/mol. The Kier molecular flexibility index (Phi) is 4.56. The molecule has 0 bridgehead atoms. The lowest BCUT2D eigenvalue weighted by molar-refractivity contribution is 0.0779. The Morgan fingerprint density at radius 3 is 2.67 bits per heavy atom. The molecule has 1 aliphatic rings. The first-order valence-corrected chi connectivity index (χ1v) is 9.40. The molecule has 1 atom stereocenters. The van der Waals surface area contributed by atoms with Crippen molar-refractivity contribution >= 4 is 5.91 Å². The molecule has 0 radical (unpaired) electrons. The van der Waals surface area contributed by atoms with E-state index in [1.807, 2.05) is 49.3 Å². The number of amides is 1. The lowest BCUT2D eigenvalue weighted by Crippen LogP contribution is -2.29. The van der Waals surface area contributed by atoms with E-state index in [1.54, 1.807) is 4.68 Å². The van der Waals surface area contributed by atoms with Gasteiger partial charge >= 0.3 is 0 Å². The number of carbonyl (C=O) groups excluding carboxylic acids is 1. The Labute approximate surface area is 159 Å². The normalized spacial score (nSPS) is 16.9. The number of hydrogen-bond acceptors (Lipinski definition) is 3. The van der Waals surface area contributed by atoms with Crippen LogP contribution in [0.25, 0.3) is 11.4 Å². The molecule has 0 saturated carbocycles. The van der Waals surface area contributed by atoms with Gasteiger partial charge in [-0.1, -0.05) is 30.3 Å². The SMILES string of the molecule is Cc1cc(C(=O)N2CCC(Cn3c(C)cnc3-c3ccccc3)C2)nn1C. The van der Waals surface area contributed by atoms with Gasteiger partial charge in [-0.25, -0.2) is 4.98 Å². The fourth-order valence-electron chi connectivity index (χ4n) is 3.76. The summed E-state index contributed by atoms with van der Waals surface area (Å²) in [6.07, 6.45) is 2.93. The van der Waals surface area contributed by atoms with Crippen molar-refractivity contribution in [1.29, 1.82) is 0 Å². The first kappa shape index (κ1) is 17.5. The van der Waals surface area contributed by atoms with Crippen LogP contribution in [0.2, 0.25) is 0 Å². The summed E-state index contributed by atoms with van der Waals surface area (Å²) < 4.78 is 4.03. The molecule has 0 spiro atoms. The van der Waals surface area contributed by atoms with Crippen molar-refractivity contribution in [3.63, 3.8) is 0 Å². The number of aryl methyl sites for hydroxylation is 3. The van der Waals surface area contributed by atoms with Crippen molar-refractivity contribution in [3.8, 4) is 11.4 Å². The highest BCUT2D eigenvalue weighted by Crippen LogP contribution is 2.25. The minimum absolute atomic E-state index is 0.0341. The molecule has 140 valence electrons. The highest BCUT2D eigenvalue weighted by Gasteiger charge is 2.29. The molecule has 1 unspecified atom stereocenters. The lowest BCUT2D eigenvalue weighted by atomic mass is 10.1. The molecule has 1 aromatic carbocycles. The molecule has 6 nitrogen and oxygen atoms in total. The molecule has 1 saturated heterocycles. The molecule has 3 aromatic rings. The maximum absolute atomic E-state index is 12.7. The Balaban J connectivity index is 1.48. The average Bonchev–Trinajstić information content (AvgIpc) is 3.37. The topological polar surface area (TPSA) is 56.0 Å². The Morgan fingerprint density at radius 1 is 1.19 bits per heavy atom. The summed E-state index contributed by atoms with van der Waals surface area (Å²) in [5.74, 6) is 1.46. The van der Waals surface area contributed by atoms with Gasteiger partial charge in [0.2, 0.25) is 0 Å². The minimum Gasteiger partial charge on any atom is -0.337 e. The summed E-state index contributed by atoms with van der Waals surface area (Å²) in [6.45, 7) is 6.48. The summed E-state index contributed by atoms with van der Waals surface area (Å²) >= 11 is 0. The summed E-state index contributed by atoms with van der Waals surface area (Å²) in [7, 11) is 1.87. The van der Waals surface area contributed by atoms with Crippen molar-refractivity contribution < 1.29 is 4.79 Å². The minimum atomic E-state index is 0.0341. The van der Waals surface area contributed by atoms with Crippen LogP contribution in [0.15, 0.2) is 42.6 Å². The van der Waals surface area contributed by atoms with Gasteiger partial charge in [0.25, 0.3) is 5.91 Å². The van der Waals surface area contributed by atoms with Gasteiger partial charge in [-0.2, -0.15) is 5.10 Å². The Hall–Kier alpha value is -2.89. The third-order valence-corrected chi connectivity index (χ3v) is 5.43. The van der Waals surface area contributed by atoms with E-state index in [-0.39, 0.29) is 5.91 Å². The molecule has 0 N–H and O–H groups in total. The summed E-state index contributed by atoms with van der Waals surface area (Å²) in [4.78, 5) is 19.3. The molecule has 1 fully saturated rings. The van der Waals surface area contributed by atoms with Gasteiger partial charge < -0.3 is 9.47 Å². The maximum atomic E-state index is 12.7. The van der Waals surface area contributed by atoms with Crippen LogP contribution in [-0.4, -0.2) is 43.2 Å². The third kappa shape index (κ3) is 3.39. The predicted octanol–water partition coefficient (Wildman–Crippen LogP) is 3.06. The zero-order valence-electron chi connectivity index (χ0n) is 16.1. The van der Waals surface area contributed by atoms with E-state index in [0.29, 0.717) is 11.6 Å². The van der Waals surface area contributed by atoms with Crippen molar-refractivity contribution in [1.82, 2.24) is 24.2 Å². The van der Waals surface area contributed by atoms with Crippen LogP contribution in [-0.2, 0) is 13.6 Å². The number of aromatic nitrogens is 4. The largest absolute Gasteiger partial charge is 0.337 e. The van der Waals surface area contributed by atoms with Crippen molar-refractivity contribution in [3.05, 3.63) is 59.7 Å². The smallest absolute Gasteiger partial charge is 0.274 e. The molecule has 4 rings (SSSR count). The van der Waals surface area contributed by atoms with Crippen LogP contribution in [0.5, 0.6) is 0 Å². The maximum Gasteiger partial charge on any atom is 0.274 e. The van der Waals surface area contributed by atoms with Gasteiger partial charge in [0.15, 0.2) is 5.69 Å². The van der Waals surface area contributed by atoms with Crippen LogP contribution in [0.4, 0.5) is 0 Å². The molecule has 3 heterocycles. The number of carbonyl (C=O) groups is 1. The first-order chi connectivity index (χ1) is 13.0. The highest BCUT2D eigenvalue weighted by molar-refractivity contribution is 5.92. The van der Waals surface area contributed by atoms with Gasteiger partial charge in [0.1, 0.15) is 5.82 Å². The number of rotatable bonds is 4. The fraction of sp³-hybridized carbons (Fsp3) is 0.381. The number of likely N-dealkylation sites (tertiary alicyclic amines) is 1. The molecule has 1 aliphatic heterocycles. The quantitative estimate of drug-likeness (QED) is 0.716. The van der Waals surface area contributed by atoms with Crippen molar-refractivity contribution in [2.45, 2.75) is 26.8 Å². The molecule has 1 amide bonds. The summed E-state index contributed by atoms with van der Waals surface area (Å²) in [6, 6.07) is 12.1. The third-order valence-electron chi connectivity index (χ3n) is 5.43. The van der Waals surface area contributed by atoms with Gasteiger partial charge in [0, 0.05) is 49.8 Å². The van der Waals surface area contributed by atoms with Crippen LogP contribution in [0.3, 0.4) is 0 Å². The Bertz CT molecular complexity index is 937. The molecular formula is C21H25N5O. The van der Waals surface area contributed by atoms with Crippen LogP contribution in [0, 0.1) is 19.8 Å². The van der Waals surface area contributed by atoms with Crippen LogP contribution >= 0.6 is 0 Å². The molecule has 2 aromatic heterocycles. The number of benzene rings is 1. The summed E-state index contributed by atoms with van der Waals surface area (Å²) in [5, 5.41) is 4.33. The Morgan fingerprint density at radius 2 is 1.96 bits per heavy atom. The molecule has 27 heavy (non-hydrogen) atoms. The average molecular weight is 363 g/mol. The zero-order valence-corrected chi connectivity index (χ0v) is 16.1. The van der Waals surface area contributed by atoms with E-state index >= 15 is 0 Å². The second-order valence-corrected chi connectivity index (χ2v) is 7.40. The molecule has 6 heteroatoms. The zero-order chi connectivity index (χ0) is 19.0. The van der Waals surface area contributed by atoms with Crippen LogP contribution in [0.1, 0.15) is 28.3 Å². The highest BCUT2D eigenvalue weighted by atomic mass is 16.2. The van der Waals surface area contributed by atoms with Gasteiger partial charge in [-0.3, -0.25) is 9.48 Å². The monoisotopic (exact) mass is 363 g/mol.